The molecule has 0 bridgehead atoms. The standard InChI is InChI=1S/C48H28N6/c1-3-9-37-35(7-1)45(36-8-2-4-10-38(36)46(37)44-21-13-30-12-11-29-6-5-24-50-47(29)48(30)54-44)43-22-17-34-27-32(15-19-40(34)53-43)31-14-18-39-33(26-31)16-20-42(52-39)41-23-25-49-28-51-41/h1-28H. The molecule has 5 aromatic heterocycles. The molecule has 0 aliphatic rings. The van der Waals surface area contributed by atoms with E-state index in [-0.39, 0.29) is 0 Å². The summed E-state index contributed by atoms with van der Waals surface area (Å²) in [5.41, 5.74) is 11.7. The molecule has 5 heterocycles. The number of aromatic nitrogens is 6. The number of fused-ring (bicyclic) bond motifs is 7. The third-order valence-electron chi connectivity index (χ3n) is 10.4. The smallest absolute Gasteiger partial charge is 0.116 e. The zero-order valence-corrected chi connectivity index (χ0v) is 28.8. The van der Waals surface area contributed by atoms with Gasteiger partial charge in [0.25, 0.3) is 0 Å². The van der Waals surface area contributed by atoms with E-state index in [1.165, 1.54) is 0 Å². The van der Waals surface area contributed by atoms with Gasteiger partial charge in [-0.05, 0) is 87.3 Å². The molecule has 6 heteroatoms. The van der Waals surface area contributed by atoms with Crippen LogP contribution >= 0.6 is 0 Å². The molecule has 0 amide bonds. The van der Waals surface area contributed by atoms with Crippen LogP contribution < -0.4 is 0 Å². The van der Waals surface area contributed by atoms with Crippen molar-refractivity contribution in [1.29, 1.82) is 0 Å². The summed E-state index contributed by atoms with van der Waals surface area (Å²) in [4.78, 5) is 28.5. The van der Waals surface area contributed by atoms with Crippen LogP contribution in [0.3, 0.4) is 0 Å². The predicted molar refractivity (Wildman–Crippen MR) is 220 cm³/mol. The van der Waals surface area contributed by atoms with Gasteiger partial charge in [-0.25, -0.2) is 24.9 Å². The minimum absolute atomic E-state index is 0.808. The van der Waals surface area contributed by atoms with Crippen molar-refractivity contribution in [2.45, 2.75) is 0 Å². The zero-order chi connectivity index (χ0) is 35.6. The molecular weight excluding hydrogens is 661 g/mol. The average molecular weight is 689 g/mol. The zero-order valence-electron chi connectivity index (χ0n) is 28.8. The van der Waals surface area contributed by atoms with Crippen molar-refractivity contribution in [3.63, 3.8) is 0 Å². The summed E-state index contributed by atoms with van der Waals surface area (Å²) < 4.78 is 0. The lowest BCUT2D eigenvalue weighted by Gasteiger charge is -2.17. The van der Waals surface area contributed by atoms with Crippen molar-refractivity contribution < 1.29 is 0 Å². The Morgan fingerprint density at radius 3 is 1.48 bits per heavy atom. The molecule has 6 nitrogen and oxygen atoms in total. The molecule has 0 saturated heterocycles. The van der Waals surface area contributed by atoms with Gasteiger partial charge < -0.3 is 0 Å². The predicted octanol–water partition coefficient (Wildman–Crippen LogP) is 11.6. The van der Waals surface area contributed by atoms with Gasteiger partial charge in [0, 0.05) is 45.1 Å². The number of hydrogen-bond donors (Lipinski definition) is 0. The quantitative estimate of drug-likeness (QED) is 0.135. The Kier molecular flexibility index (Phi) is 6.75. The lowest BCUT2D eigenvalue weighted by molar-refractivity contribution is 1.16. The first kappa shape index (κ1) is 30.2. The number of rotatable bonds is 4. The van der Waals surface area contributed by atoms with E-state index in [9.17, 15) is 0 Å². The van der Waals surface area contributed by atoms with Crippen LogP contribution in [0, 0.1) is 0 Å². The van der Waals surface area contributed by atoms with Gasteiger partial charge >= 0.3 is 0 Å². The second-order valence-electron chi connectivity index (χ2n) is 13.6. The first-order chi connectivity index (χ1) is 26.7. The first-order valence-electron chi connectivity index (χ1n) is 17.9. The van der Waals surface area contributed by atoms with E-state index in [0.717, 1.165) is 110 Å². The van der Waals surface area contributed by atoms with Crippen LogP contribution in [0.2, 0.25) is 0 Å². The minimum atomic E-state index is 0.808. The second-order valence-corrected chi connectivity index (χ2v) is 13.6. The number of hydrogen-bond acceptors (Lipinski definition) is 6. The van der Waals surface area contributed by atoms with E-state index in [0.29, 0.717) is 0 Å². The van der Waals surface area contributed by atoms with Crippen LogP contribution in [-0.4, -0.2) is 29.9 Å². The highest BCUT2D eigenvalue weighted by atomic mass is 14.8. The molecule has 0 aliphatic heterocycles. The first-order valence-corrected chi connectivity index (χ1v) is 17.9. The van der Waals surface area contributed by atoms with Crippen LogP contribution in [0.5, 0.6) is 0 Å². The second kappa shape index (κ2) is 12.1. The highest BCUT2D eigenvalue weighted by Gasteiger charge is 2.19. The maximum atomic E-state index is 5.30. The van der Waals surface area contributed by atoms with Gasteiger partial charge in [-0.15, -0.1) is 0 Å². The molecule has 0 unspecified atom stereocenters. The maximum absolute atomic E-state index is 5.30. The van der Waals surface area contributed by atoms with Crippen molar-refractivity contribution in [1.82, 2.24) is 29.9 Å². The summed E-state index contributed by atoms with van der Waals surface area (Å²) in [7, 11) is 0. The summed E-state index contributed by atoms with van der Waals surface area (Å²) in [5, 5.41) is 8.87. The van der Waals surface area contributed by atoms with E-state index in [1.807, 2.05) is 24.4 Å². The largest absolute Gasteiger partial charge is 0.254 e. The van der Waals surface area contributed by atoms with Crippen LogP contribution in [0.1, 0.15) is 0 Å². The van der Waals surface area contributed by atoms with Crippen LogP contribution in [0.15, 0.2) is 170 Å². The van der Waals surface area contributed by atoms with Crippen molar-refractivity contribution >= 4 is 65.2 Å². The van der Waals surface area contributed by atoms with Crippen molar-refractivity contribution in [2.24, 2.45) is 0 Å². The molecule has 250 valence electrons. The molecule has 0 spiro atoms. The highest BCUT2D eigenvalue weighted by molar-refractivity contribution is 6.21. The maximum Gasteiger partial charge on any atom is 0.116 e. The molecule has 6 aromatic carbocycles. The van der Waals surface area contributed by atoms with Gasteiger partial charge in [-0.3, -0.25) is 4.98 Å². The summed E-state index contributed by atoms with van der Waals surface area (Å²) in [6.45, 7) is 0. The molecule has 0 aliphatic carbocycles. The Bertz CT molecular complexity index is 3230. The molecule has 0 fully saturated rings. The Balaban J connectivity index is 1.03. The van der Waals surface area contributed by atoms with Gasteiger partial charge in [-0.1, -0.05) is 97.1 Å². The number of nitrogens with zero attached hydrogens (tertiary/aromatic N) is 6. The number of benzene rings is 6. The monoisotopic (exact) mass is 688 g/mol. The fourth-order valence-electron chi connectivity index (χ4n) is 7.88. The van der Waals surface area contributed by atoms with Crippen molar-refractivity contribution in [2.75, 3.05) is 0 Å². The summed E-state index contributed by atoms with van der Waals surface area (Å²) in [5.74, 6) is 0. The normalized spacial score (nSPS) is 11.7. The van der Waals surface area contributed by atoms with Crippen LogP contribution in [0.4, 0.5) is 0 Å². The molecule has 0 radical (unpaired) electrons. The molecule has 11 rings (SSSR count). The Labute approximate surface area is 309 Å². The van der Waals surface area contributed by atoms with Crippen LogP contribution in [0.25, 0.3) is 110 Å². The molecule has 0 saturated carbocycles. The third kappa shape index (κ3) is 4.89. The van der Waals surface area contributed by atoms with Crippen molar-refractivity contribution in [3.8, 4) is 45.0 Å². The summed E-state index contributed by atoms with van der Waals surface area (Å²) >= 11 is 0. The molecule has 54 heavy (non-hydrogen) atoms. The van der Waals surface area contributed by atoms with E-state index in [2.05, 4.69) is 143 Å². The van der Waals surface area contributed by atoms with Gasteiger partial charge in [0.05, 0.1) is 44.8 Å². The topological polar surface area (TPSA) is 77.3 Å². The lowest BCUT2D eigenvalue weighted by Crippen LogP contribution is -1.95. The van der Waals surface area contributed by atoms with Gasteiger partial charge in [0.15, 0.2) is 0 Å². The summed E-state index contributed by atoms with van der Waals surface area (Å²) in [6.07, 6.45) is 5.12. The number of pyridine rings is 4. The SMILES string of the molecule is c1cnc2c(c1)ccc1ccc(-c3c4ccccc4c(-c4ccc5cc(-c6ccc7nc(-c8ccncn8)ccc7c6)ccc5n4)c4ccccc34)nc12. The van der Waals surface area contributed by atoms with Gasteiger partial charge in [0.1, 0.15) is 6.33 Å². The molecule has 0 atom stereocenters. The molecule has 11 aromatic rings. The van der Waals surface area contributed by atoms with Crippen LogP contribution in [-0.2, 0) is 0 Å². The Morgan fingerprint density at radius 2 is 0.870 bits per heavy atom. The highest BCUT2D eigenvalue weighted by Crippen LogP contribution is 2.43. The molecular formula is C48H28N6. The fourth-order valence-corrected chi connectivity index (χ4v) is 7.88. The van der Waals surface area contributed by atoms with E-state index < -0.39 is 0 Å². The Morgan fingerprint density at radius 1 is 0.333 bits per heavy atom. The van der Waals surface area contributed by atoms with E-state index in [4.69, 9.17) is 19.9 Å². The third-order valence-corrected chi connectivity index (χ3v) is 10.4. The summed E-state index contributed by atoms with van der Waals surface area (Å²) in [6, 6.07) is 53.1. The van der Waals surface area contributed by atoms with Gasteiger partial charge in [-0.2, -0.15) is 0 Å². The molecule has 0 N–H and O–H groups in total. The average Bonchev–Trinajstić information content (AvgIpc) is 3.25. The van der Waals surface area contributed by atoms with Crippen molar-refractivity contribution in [3.05, 3.63) is 170 Å². The fraction of sp³-hybridized carbons (Fsp3) is 0. The van der Waals surface area contributed by atoms with Gasteiger partial charge in [0.2, 0.25) is 0 Å². The lowest BCUT2D eigenvalue weighted by atomic mass is 9.88. The Hall–Kier alpha value is -7.44. The van der Waals surface area contributed by atoms with E-state index in [1.54, 1.807) is 12.5 Å². The van der Waals surface area contributed by atoms with E-state index >= 15 is 0 Å². The minimum Gasteiger partial charge on any atom is -0.254 e.